The summed E-state index contributed by atoms with van der Waals surface area (Å²) in [7, 11) is 0. The molecule has 0 bridgehead atoms. The van der Waals surface area contributed by atoms with Gasteiger partial charge in [-0.25, -0.2) is 0 Å². The lowest BCUT2D eigenvalue weighted by molar-refractivity contribution is -0.118. The third kappa shape index (κ3) is 2.21. The van der Waals surface area contributed by atoms with Crippen LogP contribution in [0.4, 0.5) is 5.69 Å². The summed E-state index contributed by atoms with van der Waals surface area (Å²) in [4.78, 5) is 13.7. The zero-order chi connectivity index (χ0) is 11.5. The fourth-order valence-electron chi connectivity index (χ4n) is 1.80. The molecule has 4 heteroatoms. The van der Waals surface area contributed by atoms with Gasteiger partial charge in [0, 0.05) is 10.9 Å². The maximum atomic E-state index is 11.9. The quantitative estimate of drug-likeness (QED) is 0.835. The van der Waals surface area contributed by atoms with E-state index in [0.29, 0.717) is 19.6 Å². The average molecular weight is 284 g/mol. The number of benzene rings is 1. The molecule has 1 aliphatic heterocycles. The van der Waals surface area contributed by atoms with Gasteiger partial charge in [0.15, 0.2) is 0 Å². The lowest BCUT2D eigenvalue weighted by Gasteiger charge is -2.29. The molecule has 1 aliphatic rings. The third-order valence-corrected chi connectivity index (χ3v) is 3.04. The highest BCUT2D eigenvalue weighted by Crippen LogP contribution is 2.34. The van der Waals surface area contributed by atoms with Gasteiger partial charge in [0.25, 0.3) is 0 Å². The molecule has 0 atom stereocenters. The van der Waals surface area contributed by atoms with Gasteiger partial charge in [0.2, 0.25) is 5.91 Å². The Morgan fingerprint density at radius 2 is 2.38 bits per heavy atom. The molecule has 16 heavy (non-hydrogen) atoms. The molecule has 0 saturated carbocycles. The Balaban J connectivity index is 2.29. The topological polar surface area (TPSA) is 29.5 Å². The van der Waals surface area contributed by atoms with Crippen molar-refractivity contribution in [1.82, 2.24) is 0 Å². The maximum absolute atomic E-state index is 11.9. The summed E-state index contributed by atoms with van der Waals surface area (Å²) in [6.07, 6.45) is 1.47. The number of anilines is 1. The Labute approximate surface area is 104 Å². The third-order valence-electron chi connectivity index (χ3n) is 2.55. The van der Waals surface area contributed by atoms with Gasteiger partial charge >= 0.3 is 0 Å². The first-order chi connectivity index (χ1) is 7.72. The summed E-state index contributed by atoms with van der Waals surface area (Å²) in [6, 6.07) is 5.76. The van der Waals surface area contributed by atoms with Crippen molar-refractivity contribution in [2.24, 2.45) is 0 Å². The smallest absolute Gasteiger partial charge is 0.227 e. The Bertz CT molecular complexity index is 406. The first kappa shape index (κ1) is 11.5. The van der Waals surface area contributed by atoms with Gasteiger partial charge in [-0.1, -0.05) is 22.9 Å². The van der Waals surface area contributed by atoms with E-state index in [1.807, 2.05) is 30.0 Å². The monoisotopic (exact) mass is 283 g/mol. The van der Waals surface area contributed by atoms with Gasteiger partial charge in [-0.15, -0.1) is 0 Å². The van der Waals surface area contributed by atoms with Gasteiger partial charge in [-0.2, -0.15) is 0 Å². The van der Waals surface area contributed by atoms with E-state index in [4.69, 9.17) is 4.74 Å². The van der Waals surface area contributed by atoms with Gasteiger partial charge in [-0.3, -0.25) is 4.79 Å². The van der Waals surface area contributed by atoms with Crippen molar-refractivity contribution < 1.29 is 9.53 Å². The predicted molar refractivity (Wildman–Crippen MR) is 66.9 cm³/mol. The highest BCUT2D eigenvalue weighted by molar-refractivity contribution is 9.10. The van der Waals surface area contributed by atoms with E-state index in [2.05, 4.69) is 15.9 Å². The van der Waals surface area contributed by atoms with E-state index >= 15 is 0 Å². The van der Waals surface area contributed by atoms with E-state index < -0.39 is 0 Å². The molecule has 3 nitrogen and oxygen atoms in total. The molecule has 0 radical (unpaired) electrons. The number of hydrogen-bond donors (Lipinski definition) is 0. The number of halogens is 1. The second kappa shape index (κ2) is 4.87. The maximum Gasteiger partial charge on any atom is 0.227 e. The normalized spacial score (nSPS) is 14.2. The SMILES string of the molecule is CCCC(=O)N1CCOc2cc(Br)ccc21. The minimum absolute atomic E-state index is 0.175. The van der Waals surface area contributed by atoms with Crippen LogP contribution in [0.15, 0.2) is 22.7 Å². The van der Waals surface area contributed by atoms with Crippen molar-refractivity contribution in [2.75, 3.05) is 18.1 Å². The van der Waals surface area contributed by atoms with Crippen LogP contribution in [-0.2, 0) is 4.79 Å². The van der Waals surface area contributed by atoms with Crippen molar-refractivity contribution in [2.45, 2.75) is 19.8 Å². The molecule has 1 amide bonds. The van der Waals surface area contributed by atoms with E-state index in [1.54, 1.807) is 0 Å². The predicted octanol–water partition coefficient (Wildman–Crippen LogP) is 2.97. The summed E-state index contributed by atoms with van der Waals surface area (Å²) in [5, 5.41) is 0. The van der Waals surface area contributed by atoms with Crippen LogP contribution in [0.3, 0.4) is 0 Å². The van der Waals surface area contributed by atoms with Crippen LogP contribution in [0.1, 0.15) is 19.8 Å². The minimum Gasteiger partial charge on any atom is -0.489 e. The largest absolute Gasteiger partial charge is 0.489 e. The fourth-order valence-corrected chi connectivity index (χ4v) is 2.14. The van der Waals surface area contributed by atoms with Crippen LogP contribution in [0.25, 0.3) is 0 Å². The molecule has 1 heterocycles. The van der Waals surface area contributed by atoms with Crippen LogP contribution >= 0.6 is 15.9 Å². The lowest BCUT2D eigenvalue weighted by atomic mass is 10.2. The molecular formula is C12H14BrNO2. The summed E-state index contributed by atoms with van der Waals surface area (Å²) in [5.41, 5.74) is 0.882. The number of amides is 1. The molecule has 0 fully saturated rings. The van der Waals surface area contributed by atoms with E-state index in [0.717, 1.165) is 22.3 Å². The second-order valence-corrected chi connectivity index (χ2v) is 4.67. The highest BCUT2D eigenvalue weighted by atomic mass is 79.9. The highest BCUT2D eigenvalue weighted by Gasteiger charge is 2.22. The van der Waals surface area contributed by atoms with Crippen LogP contribution < -0.4 is 9.64 Å². The van der Waals surface area contributed by atoms with Crippen molar-refractivity contribution in [3.8, 4) is 5.75 Å². The number of rotatable bonds is 2. The molecule has 0 unspecified atom stereocenters. The number of ether oxygens (including phenoxy) is 1. The minimum atomic E-state index is 0.175. The van der Waals surface area contributed by atoms with Crippen LogP contribution in [0.2, 0.25) is 0 Å². The Hall–Kier alpha value is -1.03. The fraction of sp³-hybridized carbons (Fsp3) is 0.417. The Morgan fingerprint density at radius 3 is 3.12 bits per heavy atom. The van der Waals surface area contributed by atoms with E-state index in [9.17, 15) is 4.79 Å². The van der Waals surface area contributed by atoms with Gasteiger partial charge < -0.3 is 9.64 Å². The second-order valence-electron chi connectivity index (χ2n) is 3.76. The lowest BCUT2D eigenvalue weighted by Crippen LogP contribution is -2.37. The number of nitrogens with zero attached hydrogens (tertiary/aromatic N) is 1. The van der Waals surface area contributed by atoms with Crippen molar-refractivity contribution >= 4 is 27.5 Å². The first-order valence-corrected chi connectivity index (χ1v) is 6.24. The molecule has 86 valence electrons. The van der Waals surface area contributed by atoms with Crippen molar-refractivity contribution in [3.05, 3.63) is 22.7 Å². The molecule has 0 saturated heterocycles. The van der Waals surface area contributed by atoms with E-state index in [-0.39, 0.29) is 5.91 Å². The van der Waals surface area contributed by atoms with Gasteiger partial charge in [-0.05, 0) is 24.6 Å². The first-order valence-electron chi connectivity index (χ1n) is 5.45. The average Bonchev–Trinajstić information content (AvgIpc) is 2.28. The Morgan fingerprint density at radius 1 is 1.56 bits per heavy atom. The zero-order valence-corrected chi connectivity index (χ0v) is 10.8. The van der Waals surface area contributed by atoms with Crippen LogP contribution in [0.5, 0.6) is 5.75 Å². The van der Waals surface area contributed by atoms with E-state index in [1.165, 1.54) is 0 Å². The number of carbonyl (C=O) groups excluding carboxylic acids is 1. The summed E-state index contributed by atoms with van der Waals surface area (Å²) >= 11 is 3.39. The Kier molecular flexibility index (Phi) is 3.49. The number of carbonyl (C=O) groups is 1. The molecule has 0 N–H and O–H groups in total. The molecule has 2 rings (SSSR count). The summed E-state index contributed by atoms with van der Waals surface area (Å²) in [5.74, 6) is 0.958. The van der Waals surface area contributed by atoms with Gasteiger partial charge in [0.1, 0.15) is 12.4 Å². The van der Waals surface area contributed by atoms with Crippen molar-refractivity contribution in [3.63, 3.8) is 0 Å². The van der Waals surface area contributed by atoms with Crippen molar-refractivity contribution in [1.29, 1.82) is 0 Å². The van der Waals surface area contributed by atoms with Crippen LogP contribution in [-0.4, -0.2) is 19.1 Å². The standard InChI is InChI=1S/C12H14BrNO2/c1-2-3-12(15)14-6-7-16-11-8-9(13)4-5-10(11)14/h4-5,8H,2-3,6-7H2,1H3. The van der Waals surface area contributed by atoms with Gasteiger partial charge in [0.05, 0.1) is 12.2 Å². The summed E-state index contributed by atoms with van der Waals surface area (Å²) in [6.45, 7) is 3.23. The molecule has 0 aromatic heterocycles. The number of fused-ring (bicyclic) bond motifs is 1. The summed E-state index contributed by atoms with van der Waals surface area (Å²) < 4.78 is 6.51. The van der Waals surface area contributed by atoms with Crippen LogP contribution in [0, 0.1) is 0 Å². The number of hydrogen-bond acceptors (Lipinski definition) is 2. The molecule has 0 aliphatic carbocycles. The molecular weight excluding hydrogens is 270 g/mol. The molecule has 0 spiro atoms. The zero-order valence-electron chi connectivity index (χ0n) is 9.20. The molecule has 1 aromatic carbocycles. The molecule has 1 aromatic rings.